The lowest BCUT2D eigenvalue weighted by Crippen LogP contribution is -2.27. The summed E-state index contributed by atoms with van der Waals surface area (Å²) in [6.07, 6.45) is -4.95. The van der Waals surface area contributed by atoms with Gasteiger partial charge in [-0.25, -0.2) is 4.79 Å². The lowest BCUT2D eigenvalue weighted by molar-refractivity contribution is -0.201. The molecule has 0 aromatic rings. The van der Waals surface area contributed by atoms with E-state index in [0.717, 1.165) is 0 Å². The molecule has 0 atom stereocenters. The number of carbonyl (C=O) groups excluding carboxylic acids is 2. The molecule has 0 radical (unpaired) electrons. The summed E-state index contributed by atoms with van der Waals surface area (Å²) in [5.41, 5.74) is 0. The van der Waals surface area contributed by atoms with E-state index in [9.17, 15) is 22.8 Å². The molecule has 0 saturated carbocycles. The molecule has 0 rings (SSSR count). The average Bonchev–Trinajstić information content (AvgIpc) is 1.85. The summed E-state index contributed by atoms with van der Waals surface area (Å²) in [4.78, 5) is 20.3. The molecule has 0 amide bonds. The van der Waals surface area contributed by atoms with E-state index in [1.54, 1.807) is 6.92 Å². The van der Waals surface area contributed by atoms with E-state index in [-0.39, 0.29) is 6.42 Å². The second-order valence-corrected chi connectivity index (χ2v) is 2.01. The van der Waals surface area contributed by atoms with Gasteiger partial charge in [-0.3, -0.25) is 4.79 Å². The van der Waals surface area contributed by atoms with Crippen molar-refractivity contribution >= 4 is 11.9 Å². The van der Waals surface area contributed by atoms with Crippen LogP contribution in [-0.4, -0.2) is 18.1 Å². The van der Waals surface area contributed by atoms with Gasteiger partial charge in [-0.1, -0.05) is 6.92 Å². The van der Waals surface area contributed by atoms with Gasteiger partial charge in [-0.2, -0.15) is 13.2 Å². The molecule has 0 N–H and O–H groups in total. The second-order valence-electron chi connectivity index (χ2n) is 2.01. The van der Waals surface area contributed by atoms with Crippen LogP contribution in [0.15, 0.2) is 0 Å². The third-order valence-electron chi connectivity index (χ3n) is 0.892. The summed E-state index contributed by atoms with van der Waals surface area (Å²) < 4.78 is 37.7. The maximum atomic E-state index is 11.4. The Labute approximate surface area is 66.5 Å². The van der Waals surface area contributed by atoms with Crippen LogP contribution in [0, 0.1) is 0 Å². The van der Waals surface area contributed by atoms with E-state index >= 15 is 0 Å². The highest BCUT2D eigenvalue weighted by atomic mass is 19.4. The van der Waals surface area contributed by atoms with Crippen molar-refractivity contribution in [3.8, 4) is 0 Å². The lowest BCUT2D eigenvalue weighted by atomic mass is 10.3. The summed E-state index contributed by atoms with van der Waals surface area (Å²) in [7, 11) is 0. The summed E-state index contributed by atoms with van der Waals surface area (Å²) >= 11 is 0. The normalized spacial score (nSPS) is 11.0. The maximum absolute atomic E-state index is 11.4. The predicted molar refractivity (Wildman–Crippen MR) is 32.1 cm³/mol. The van der Waals surface area contributed by atoms with Gasteiger partial charge in [-0.05, 0) is 6.42 Å². The first-order valence-electron chi connectivity index (χ1n) is 3.19. The van der Waals surface area contributed by atoms with Gasteiger partial charge in [0.1, 0.15) is 0 Å². The van der Waals surface area contributed by atoms with Crippen molar-refractivity contribution in [2.24, 2.45) is 0 Å². The minimum atomic E-state index is -5.09. The largest absolute Gasteiger partial charge is 0.491 e. The van der Waals surface area contributed by atoms with Crippen LogP contribution in [0.5, 0.6) is 0 Å². The van der Waals surface area contributed by atoms with Gasteiger partial charge in [0.2, 0.25) is 0 Å². The second kappa shape index (κ2) is 4.08. The molecule has 70 valence electrons. The summed E-state index contributed by atoms with van der Waals surface area (Å²) in [6, 6.07) is 0. The van der Waals surface area contributed by atoms with Gasteiger partial charge >= 0.3 is 18.1 Å². The number of carbonyl (C=O) groups is 2. The van der Waals surface area contributed by atoms with Crippen LogP contribution in [0.25, 0.3) is 0 Å². The topological polar surface area (TPSA) is 43.4 Å². The maximum Gasteiger partial charge on any atom is 0.491 e. The molecule has 0 heterocycles. The molecular formula is C6H7F3O3. The number of rotatable bonds is 2. The van der Waals surface area contributed by atoms with Crippen molar-refractivity contribution in [2.45, 2.75) is 25.9 Å². The van der Waals surface area contributed by atoms with E-state index in [0.29, 0.717) is 6.42 Å². The minimum absolute atomic E-state index is 0.193. The number of halogens is 3. The molecule has 0 unspecified atom stereocenters. The molecule has 0 saturated heterocycles. The fraction of sp³-hybridized carbons (Fsp3) is 0.667. The Kier molecular flexibility index (Phi) is 3.72. The third kappa shape index (κ3) is 3.95. The monoisotopic (exact) mass is 184 g/mol. The fourth-order valence-corrected chi connectivity index (χ4v) is 0.416. The van der Waals surface area contributed by atoms with Gasteiger partial charge in [-0.15, -0.1) is 0 Å². The Balaban J connectivity index is 3.94. The standard InChI is InChI=1S/C6H7F3O3/c1-2-3-4(10)12-5(11)6(7,8)9/h2-3H2,1H3. The number of esters is 2. The number of hydrogen-bond donors (Lipinski definition) is 0. The SMILES string of the molecule is CCCC(=O)OC(=O)C(F)(F)F. The average molecular weight is 184 g/mol. The molecule has 0 fully saturated rings. The van der Waals surface area contributed by atoms with Crippen molar-refractivity contribution in [3.05, 3.63) is 0 Å². The summed E-state index contributed by atoms with van der Waals surface area (Å²) in [6.45, 7) is 1.58. The van der Waals surface area contributed by atoms with Crippen LogP contribution in [0.4, 0.5) is 13.2 Å². The van der Waals surface area contributed by atoms with E-state index in [1.807, 2.05) is 0 Å². The van der Waals surface area contributed by atoms with Crippen molar-refractivity contribution in [2.75, 3.05) is 0 Å². The van der Waals surface area contributed by atoms with Crippen molar-refractivity contribution < 1.29 is 27.5 Å². The van der Waals surface area contributed by atoms with E-state index in [1.165, 1.54) is 0 Å². The Bertz CT molecular complexity index is 185. The highest BCUT2D eigenvalue weighted by Crippen LogP contribution is 2.16. The van der Waals surface area contributed by atoms with E-state index in [4.69, 9.17) is 0 Å². The Morgan fingerprint density at radius 1 is 1.33 bits per heavy atom. The lowest BCUT2D eigenvalue weighted by Gasteiger charge is -2.03. The number of hydrogen-bond acceptors (Lipinski definition) is 3. The molecule has 3 nitrogen and oxygen atoms in total. The van der Waals surface area contributed by atoms with Crippen LogP contribution in [0.2, 0.25) is 0 Å². The van der Waals surface area contributed by atoms with Crippen LogP contribution in [0.3, 0.4) is 0 Å². The first-order chi connectivity index (χ1) is 5.38. The zero-order valence-corrected chi connectivity index (χ0v) is 6.27. The van der Waals surface area contributed by atoms with Crippen molar-refractivity contribution in [1.82, 2.24) is 0 Å². The summed E-state index contributed by atoms with van der Waals surface area (Å²) in [5, 5.41) is 0. The van der Waals surface area contributed by atoms with Crippen LogP contribution in [-0.2, 0) is 14.3 Å². The molecule has 0 aromatic carbocycles. The van der Waals surface area contributed by atoms with Crippen LogP contribution < -0.4 is 0 Å². The predicted octanol–water partition coefficient (Wildman–Crippen LogP) is 1.42. The number of ether oxygens (including phenoxy) is 1. The molecule has 0 aromatic heterocycles. The first-order valence-corrected chi connectivity index (χ1v) is 3.19. The molecule has 0 aliphatic carbocycles. The van der Waals surface area contributed by atoms with Crippen molar-refractivity contribution in [1.29, 1.82) is 0 Å². The Morgan fingerprint density at radius 3 is 2.17 bits per heavy atom. The zero-order valence-electron chi connectivity index (χ0n) is 6.27. The number of alkyl halides is 3. The molecular weight excluding hydrogens is 177 g/mol. The summed E-state index contributed by atoms with van der Waals surface area (Å²) in [5.74, 6) is -3.61. The highest BCUT2D eigenvalue weighted by Gasteiger charge is 2.42. The minimum Gasteiger partial charge on any atom is -0.386 e. The van der Waals surface area contributed by atoms with Gasteiger partial charge in [0.25, 0.3) is 0 Å². The van der Waals surface area contributed by atoms with Gasteiger partial charge in [0, 0.05) is 6.42 Å². The van der Waals surface area contributed by atoms with Gasteiger partial charge < -0.3 is 4.74 Å². The van der Waals surface area contributed by atoms with Crippen LogP contribution >= 0.6 is 0 Å². The van der Waals surface area contributed by atoms with Gasteiger partial charge in [0.15, 0.2) is 0 Å². The smallest absolute Gasteiger partial charge is 0.386 e. The van der Waals surface area contributed by atoms with Crippen LogP contribution in [0.1, 0.15) is 19.8 Å². The Morgan fingerprint density at radius 2 is 1.83 bits per heavy atom. The van der Waals surface area contributed by atoms with E-state index in [2.05, 4.69) is 4.74 Å². The molecule has 0 spiro atoms. The first kappa shape index (κ1) is 10.9. The fourth-order valence-electron chi connectivity index (χ4n) is 0.416. The molecule has 6 heteroatoms. The Hall–Kier alpha value is -1.07. The molecule has 0 aliphatic heterocycles. The molecule has 0 bridgehead atoms. The zero-order chi connectivity index (χ0) is 9.78. The molecule has 0 aliphatic rings. The third-order valence-corrected chi connectivity index (χ3v) is 0.892. The molecule has 12 heavy (non-hydrogen) atoms. The van der Waals surface area contributed by atoms with Gasteiger partial charge in [0.05, 0.1) is 0 Å². The van der Waals surface area contributed by atoms with E-state index < -0.39 is 18.1 Å². The van der Waals surface area contributed by atoms with Crippen molar-refractivity contribution in [3.63, 3.8) is 0 Å². The highest BCUT2D eigenvalue weighted by molar-refractivity contribution is 5.88. The quantitative estimate of drug-likeness (QED) is 0.481.